The molecular formula is C6H8F3NO2. The maximum absolute atomic E-state index is 11.6. The predicted molar refractivity (Wildman–Crippen MR) is 33.4 cm³/mol. The number of hydrogen-bond donors (Lipinski definition) is 1. The highest BCUT2D eigenvalue weighted by Gasteiger charge is 2.44. The van der Waals surface area contributed by atoms with Gasteiger partial charge in [0, 0.05) is 12.6 Å². The molecule has 1 N–H and O–H groups in total. The van der Waals surface area contributed by atoms with Crippen LogP contribution in [-0.2, 0) is 9.53 Å². The van der Waals surface area contributed by atoms with Crippen LogP contribution in [0.15, 0.2) is 0 Å². The van der Waals surface area contributed by atoms with Crippen LogP contribution in [0.1, 0.15) is 6.92 Å². The second-order valence-corrected chi connectivity index (χ2v) is 2.64. The lowest BCUT2D eigenvalue weighted by atomic mass is 10.1. The van der Waals surface area contributed by atoms with E-state index in [2.05, 4.69) is 10.1 Å². The van der Waals surface area contributed by atoms with Crippen molar-refractivity contribution >= 4 is 5.97 Å². The summed E-state index contributed by atoms with van der Waals surface area (Å²) in [6.07, 6.45) is -5.52. The quantitative estimate of drug-likeness (QED) is 0.600. The number of carbonyl (C=O) groups excluding carboxylic acids is 1. The van der Waals surface area contributed by atoms with Gasteiger partial charge in [-0.15, -0.1) is 0 Å². The Hall–Kier alpha value is -0.780. The molecule has 3 nitrogen and oxygen atoms in total. The van der Waals surface area contributed by atoms with E-state index in [0.717, 1.165) is 0 Å². The fourth-order valence-electron chi connectivity index (χ4n) is 0.798. The zero-order valence-electron chi connectivity index (χ0n) is 6.31. The van der Waals surface area contributed by atoms with Crippen molar-refractivity contribution in [3.8, 4) is 0 Å². The van der Waals surface area contributed by atoms with Crippen molar-refractivity contribution in [3.05, 3.63) is 0 Å². The predicted octanol–water partition coefficient (Wildman–Crippen LogP) is 0.452. The molecule has 0 bridgehead atoms. The fraction of sp³-hybridized carbons (Fsp3) is 0.833. The summed E-state index contributed by atoms with van der Waals surface area (Å²) in [6.45, 7) is 1.95. The van der Waals surface area contributed by atoms with Gasteiger partial charge in [-0.05, 0) is 6.92 Å². The molecule has 1 fully saturated rings. The molecule has 0 aromatic rings. The molecule has 0 saturated carbocycles. The van der Waals surface area contributed by atoms with Crippen LogP contribution in [0.5, 0.6) is 0 Å². The molecule has 0 aromatic carbocycles. The molecule has 0 amide bonds. The van der Waals surface area contributed by atoms with Crippen LogP contribution in [0, 0.1) is 0 Å². The Morgan fingerprint density at radius 3 is 2.42 bits per heavy atom. The molecule has 1 aliphatic rings. The van der Waals surface area contributed by atoms with Gasteiger partial charge in [-0.1, -0.05) is 0 Å². The Morgan fingerprint density at radius 2 is 2.17 bits per heavy atom. The average Bonchev–Trinajstić information content (AvgIpc) is 1.95. The van der Waals surface area contributed by atoms with Crippen molar-refractivity contribution in [2.45, 2.75) is 25.2 Å². The fourth-order valence-corrected chi connectivity index (χ4v) is 0.798. The van der Waals surface area contributed by atoms with Crippen LogP contribution < -0.4 is 5.32 Å². The van der Waals surface area contributed by atoms with Gasteiger partial charge in [0.25, 0.3) is 0 Å². The van der Waals surface area contributed by atoms with Crippen molar-refractivity contribution in [3.63, 3.8) is 0 Å². The maximum Gasteiger partial charge on any atom is 0.490 e. The normalized spacial score (nSPS) is 29.3. The first-order chi connectivity index (χ1) is 5.41. The number of nitrogens with one attached hydrogen (secondary N) is 1. The number of alkyl halides is 3. The molecule has 1 heterocycles. The molecule has 0 aliphatic carbocycles. The maximum atomic E-state index is 11.6. The zero-order chi connectivity index (χ0) is 9.35. The van der Waals surface area contributed by atoms with Crippen molar-refractivity contribution in [2.75, 3.05) is 6.54 Å². The van der Waals surface area contributed by atoms with E-state index in [1.54, 1.807) is 6.92 Å². The van der Waals surface area contributed by atoms with Crippen molar-refractivity contribution < 1.29 is 22.7 Å². The summed E-state index contributed by atoms with van der Waals surface area (Å²) < 4.78 is 38.9. The van der Waals surface area contributed by atoms with Crippen LogP contribution in [0.2, 0.25) is 0 Å². The Balaban J connectivity index is 2.36. The molecular weight excluding hydrogens is 175 g/mol. The van der Waals surface area contributed by atoms with Gasteiger partial charge in [0.2, 0.25) is 0 Å². The minimum Gasteiger partial charge on any atom is -0.453 e. The standard InChI is InChI=1S/C6H8F3NO2/c1-3-4(2-10-3)12-5(11)6(7,8)9/h3-4,10H,2H2,1H3/t3-,4-/m1/s1. The van der Waals surface area contributed by atoms with Gasteiger partial charge in [-0.3, -0.25) is 0 Å². The van der Waals surface area contributed by atoms with Crippen molar-refractivity contribution in [2.24, 2.45) is 0 Å². The minimum absolute atomic E-state index is 0.184. The van der Waals surface area contributed by atoms with E-state index >= 15 is 0 Å². The third-order valence-corrected chi connectivity index (χ3v) is 1.69. The summed E-state index contributed by atoms with van der Waals surface area (Å²) in [5, 5.41) is 2.77. The molecule has 0 spiro atoms. The van der Waals surface area contributed by atoms with Gasteiger partial charge in [-0.2, -0.15) is 13.2 Å². The third kappa shape index (κ3) is 1.88. The first-order valence-corrected chi connectivity index (χ1v) is 3.42. The molecule has 1 rings (SSSR count). The van der Waals surface area contributed by atoms with Crippen molar-refractivity contribution in [1.82, 2.24) is 5.32 Å². The van der Waals surface area contributed by atoms with E-state index in [1.165, 1.54) is 0 Å². The Kier molecular flexibility index (Phi) is 2.27. The first-order valence-electron chi connectivity index (χ1n) is 3.42. The van der Waals surface area contributed by atoms with E-state index in [1.807, 2.05) is 0 Å². The number of esters is 1. The topological polar surface area (TPSA) is 38.3 Å². The zero-order valence-corrected chi connectivity index (χ0v) is 6.31. The molecule has 12 heavy (non-hydrogen) atoms. The molecule has 70 valence electrons. The van der Waals surface area contributed by atoms with Gasteiger partial charge in [0.15, 0.2) is 0 Å². The Morgan fingerprint density at radius 1 is 1.58 bits per heavy atom. The number of carbonyl (C=O) groups is 1. The van der Waals surface area contributed by atoms with Gasteiger partial charge < -0.3 is 10.1 Å². The molecule has 1 aliphatic heterocycles. The van der Waals surface area contributed by atoms with E-state index in [4.69, 9.17) is 0 Å². The highest BCUT2D eigenvalue weighted by molar-refractivity contribution is 5.75. The van der Waals surface area contributed by atoms with Crippen LogP contribution in [0.4, 0.5) is 13.2 Å². The molecule has 1 saturated heterocycles. The smallest absolute Gasteiger partial charge is 0.453 e. The lowest BCUT2D eigenvalue weighted by Gasteiger charge is -2.34. The second-order valence-electron chi connectivity index (χ2n) is 2.64. The van der Waals surface area contributed by atoms with E-state index in [-0.39, 0.29) is 6.04 Å². The molecule has 0 radical (unpaired) electrons. The van der Waals surface area contributed by atoms with Gasteiger partial charge >= 0.3 is 12.1 Å². The van der Waals surface area contributed by atoms with Gasteiger partial charge in [-0.25, -0.2) is 4.79 Å². The molecule has 2 atom stereocenters. The Bertz CT molecular complexity index is 192. The largest absolute Gasteiger partial charge is 0.490 e. The first kappa shape index (κ1) is 9.31. The number of ether oxygens (including phenoxy) is 1. The lowest BCUT2D eigenvalue weighted by Crippen LogP contribution is -2.58. The van der Waals surface area contributed by atoms with E-state index in [9.17, 15) is 18.0 Å². The molecule has 6 heteroatoms. The summed E-state index contributed by atoms with van der Waals surface area (Å²) in [5.74, 6) is -2.11. The summed E-state index contributed by atoms with van der Waals surface area (Å²) >= 11 is 0. The van der Waals surface area contributed by atoms with Crippen molar-refractivity contribution in [1.29, 1.82) is 0 Å². The van der Waals surface area contributed by atoms with Crippen LogP contribution in [-0.4, -0.2) is 30.8 Å². The number of rotatable bonds is 1. The molecule has 0 aromatic heterocycles. The summed E-state index contributed by atoms with van der Waals surface area (Å²) in [6, 6.07) is -0.184. The highest BCUT2D eigenvalue weighted by atomic mass is 19.4. The number of hydrogen-bond acceptors (Lipinski definition) is 3. The monoisotopic (exact) mass is 183 g/mol. The summed E-state index contributed by atoms with van der Waals surface area (Å²) in [7, 11) is 0. The van der Waals surface area contributed by atoms with Gasteiger partial charge in [0.05, 0.1) is 0 Å². The Labute approximate surface area is 66.9 Å². The van der Waals surface area contributed by atoms with Crippen LogP contribution in [0.3, 0.4) is 0 Å². The summed E-state index contributed by atoms with van der Waals surface area (Å²) in [4.78, 5) is 10.2. The van der Waals surface area contributed by atoms with E-state index < -0.39 is 18.2 Å². The van der Waals surface area contributed by atoms with E-state index in [0.29, 0.717) is 6.54 Å². The minimum atomic E-state index is -4.88. The van der Waals surface area contributed by atoms with Crippen LogP contribution >= 0.6 is 0 Å². The third-order valence-electron chi connectivity index (χ3n) is 1.69. The summed E-state index contributed by atoms with van der Waals surface area (Å²) in [5.41, 5.74) is 0. The SMILES string of the molecule is C[C@H]1NC[C@H]1OC(=O)C(F)(F)F. The average molecular weight is 183 g/mol. The van der Waals surface area contributed by atoms with Gasteiger partial charge in [0.1, 0.15) is 6.10 Å². The number of halogens is 3. The highest BCUT2D eigenvalue weighted by Crippen LogP contribution is 2.19. The lowest BCUT2D eigenvalue weighted by molar-refractivity contribution is -0.208. The van der Waals surface area contributed by atoms with Crippen LogP contribution in [0.25, 0.3) is 0 Å². The molecule has 0 unspecified atom stereocenters. The second kappa shape index (κ2) is 2.93.